The van der Waals surface area contributed by atoms with Gasteiger partial charge in [0.2, 0.25) is 11.7 Å². The highest BCUT2D eigenvalue weighted by Crippen LogP contribution is 2.38. The van der Waals surface area contributed by atoms with Gasteiger partial charge >= 0.3 is 0 Å². The summed E-state index contributed by atoms with van der Waals surface area (Å²) in [4.78, 5) is 16.4. The first-order valence-electron chi connectivity index (χ1n) is 8.97. The molecule has 0 saturated heterocycles. The fraction of sp³-hybridized carbons (Fsp3) is 0.200. The number of hydrogen-bond donors (Lipinski definition) is 2. The van der Waals surface area contributed by atoms with E-state index in [2.05, 4.69) is 15.0 Å². The van der Waals surface area contributed by atoms with Gasteiger partial charge in [-0.2, -0.15) is 0 Å². The van der Waals surface area contributed by atoms with E-state index in [1.165, 1.54) is 63.1 Å². The summed E-state index contributed by atoms with van der Waals surface area (Å²) in [6.45, 7) is 0. The highest BCUT2D eigenvalue weighted by molar-refractivity contribution is 7.93. The standard InChI is InChI=1S/C20H21N3O6S2/c1-27-16-10-13(11-17(28-2)19(16)29-3)12-18(24)22-14-4-6-15(7-5-14)31(25,26)23-20-21-8-9-30-20/h4-11H,12H2,1-3H3,(H,21,23)(H,22,24). The van der Waals surface area contributed by atoms with E-state index in [9.17, 15) is 13.2 Å². The minimum absolute atomic E-state index is 0.0579. The number of amides is 1. The number of anilines is 2. The topological polar surface area (TPSA) is 116 Å². The Balaban J connectivity index is 1.69. The maximum Gasteiger partial charge on any atom is 0.263 e. The van der Waals surface area contributed by atoms with Crippen molar-refractivity contribution in [3.8, 4) is 17.2 Å². The highest BCUT2D eigenvalue weighted by atomic mass is 32.2. The number of sulfonamides is 1. The molecule has 11 heteroatoms. The van der Waals surface area contributed by atoms with Gasteiger partial charge in [0.15, 0.2) is 16.6 Å². The number of nitrogens with one attached hydrogen (secondary N) is 2. The van der Waals surface area contributed by atoms with Gasteiger partial charge in [-0.05, 0) is 42.0 Å². The summed E-state index contributed by atoms with van der Waals surface area (Å²) in [6.07, 6.45) is 1.57. The molecule has 0 spiro atoms. The number of methoxy groups -OCH3 is 3. The van der Waals surface area contributed by atoms with Crippen molar-refractivity contribution in [2.45, 2.75) is 11.3 Å². The minimum atomic E-state index is -3.75. The summed E-state index contributed by atoms with van der Waals surface area (Å²) in [5, 5.41) is 4.69. The van der Waals surface area contributed by atoms with Crippen LogP contribution in [-0.2, 0) is 21.2 Å². The normalized spacial score (nSPS) is 10.9. The largest absolute Gasteiger partial charge is 0.493 e. The molecular weight excluding hydrogens is 442 g/mol. The molecule has 31 heavy (non-hydrogen) atoms. The van der Waals surface area contributed by atoms with Gasteiger partial charge in [-0.1, -0.05) is 0 Å². The van der Waals surface area contributed by atoms with Crippen LogP contribution in [-0.4, -0.2) is 40.6 Å². The smallest absolute Gasteiger partial charge is 0.263 e. The third-order valence-electron chi connectivity index (χ3n) is 4.19. The Kier molecular flexibility index (Phi) is 6.98. The lowest BCUT2D eigenvalue weighted by atomic mass is 10.1. The van der Waals surface area contributed by atoms with E-state index in [0.29, 0.717) is 28.5 Å². The predicted molar refractivity (Wildman–Crippen MR) is 118 cm³/mol. The molecular formula is C20H21N3O6S2. The lowest BCUT2D eigenvalue weighted by molar-refractivity contribution is -0.115. The molecule has 3 aromatic rings. The van der Waals surface area contributed by atoms with Crippen LogP contribution in [0.1, 0.15) is 5.56 Å². The van der Waals surface area contributed by atoms with Crippen LogP contribution in [0.2, 0.25) is 0 Å². The van der Waals surface area contributed by atoms with Crippen molar-refractivity contribution in [3.63, 3.8) is 0 Å². The van der Waals surface area contributed by atoms with Gasteiger partial charge in [-0.3, -0.25) is 9.52 Å². The number of nitrogens with zero attached hydrogens (tertiary/aromatic N) is 1. The maximum absolute atomic E-state index is 12.5. The molecule has 2 N–H and O–H groups in total. The molecule has 1 aromatic heterocycles. The van der Waals surface area contributed by atoms with Gasteiger partial charge in [-0.15, -0.1) is 11.3 Å². The zero-order valence-electron chi connectivity index (χ0n) is 17.0. The first-order chi connectivity index (χ1) is 14.9. The van der Waals surface area contributed by atoms with Crippen LogP contribution in [0.5, 0.6) is 17.2 Å². The molecule has 0 fully saturated rings. The van der Waals surface area contributed by atoms with Crippen LogP contribution in [0.25, 0.3) is 0 Å². The number of hydrogen-bond acceptors (Lipinski definition) is 8. The summed E-state index contributed by atoms with van der Waals surface area (Å²) in [5.74, 6) is 1.06. The lowest BCUT2D eigenvalue weighted by Crippen LogP contribution is -2.15. The number of benzene rings is 2. The average Bonchev–Trinajstić information content (AvgIpc) is 3.25. The van der Waals surface area contributed by atoms with Crippen molar-refractivity contribution >= 4 is 38.1 Å². The Morgan fingerprint density at radius 2 is 1.68 bits per heavy atom. The monoisotopic (exact) mass is 463 g/mol. The fourth-order valence-corrected chi connectivity index (χ4v) is 4.58. The van der Waals surface area contributed by atoms with Crippen LogP contribution < -0.4 is 24.2 Å². The molecule has 0 aliphatic heterocycles. The van der Waals surface area contributed by atoms with Crippen LogP contribution in [0.15, 0.2) is 52.9 Å². The van der Waals surface area contributed by atoms with Crippen molar-refractivity contribution in [2.75, 3.05) is 31.4 Å². The van der Waals surface area contributed by atoms with Crippen LogP contribution in [0, 0.1) is 0 Å². The molecule has 0 atom stereocenters. The lowest BCUT2D eigenvalue weighted by Gasteiger charge is -2.14. The average molecular weight is 464 g/mol. The van der Waals surface area contributed by atoms with E-state index in [1.54, 1.807) is 17.5 Å². The highest BCUT2D eigenvalue weighted by Gasteiger charge is 2.17. The second-order valence-corrected chi connectivity index (χ2v) is 8.80. The number of aromatic nitrogens is 1. The van der Waals surface area contributed by atoms with Crippen LogP contribution >= 0.6 is 11.3 Å². The molecule has 0 aliphatic carbocycles. The van der Waals surface area contributed by atoms with Gasteiger partial charge in [-0.25, -0.2) is 13.4 Å². The van der Waals surface area contributed by atoms with Crippen LogP contribution in [0.4, 0.5) is 10.8 Å². The first kappa shape index (κ1) is 22.4. The molecule has 0 aliphatic rings. The molecule has 1 heterocycles. The summed E-state index contributed by atoms with van der Waals surface area (Å²) in [7, 11) is 0.750. The molecule has 1 amide bonds. The van der Waals surface area contributed by atoms with E-state index in [4.69, 9.17) is 14.2 Å². The van der Waals surface area contributed by atoms with Gasteiger partial charge in [0.1, 0.15) is 0 Å². The van der Waals surface area contributed by atoms with Crippen LogP contribution in [0.3, 0.4) is 0 Å². The van der Waals surface area contributed by atoms with E-state index >= 15 is 0 Å². The second kappa shape index (κ2) is 9.67. The van der Waals surface area contributed by atoms with E-state index in [1.807, 2.05) is 0 Å². The fourth-order valence-electron chi connectivity index (χ4n) is 2.79. The Morgan fingerprint density at radius 3 is 2.19 bits per heavy atom. The Morgan fingerprint density at radius 1 is 1.03 bits per heavy atom. The Bertz CT molecular complexity index is 1120. The summed E-state index contributed by atoms with van der Waals surface area (Å²) >= 11 is 1.18. The molecule has 3 rings (SSSR count). The van der Waals surface area contributed by atoms with Crippen molar-refractivity contribution in [3.05, 3.63) is 53.5 Å². The van der Waals surface area contributed by atoms with Crippen molar-refractivity contribution in [2.24, 2.45) is 0 Å². The second-order valence-electron chi connectivity index (χ2n) is 6.23. The summed E-state index contributed by atoms with van der Waals surface area (Å²) in [6, 6.07) is 9.24. The van der Waals surface area contributed by atoms with E-state index < -0.39 is 10.0 Å². The molecule has 0 unspecified atom stereocenters. The minimum Gasteiger partial charge on any atom is -0.493 e. The Hall–Kier alpha value is -3.31. The molecule has 0 saturated carbocycles. The van der Waals surface area contributed by atoms with Gasteiger partial charge < -0.3 is 19.5 Å². The quantitative estimate of drug-likeness (QED) is 0.501. The van der Waals surface area contributed by atoms with Crippen molar-refractivity contribution < 1.29 is 27.4 Å². The van der Waals surface area contributed by atoms with Crippen molar-refractivity contribution in [1.29, 1.82) is 0 Å². The number of thiazole rings is 1. The van der Waals surface area contributed by atoms with Gasteiger partial charge in [0.25, 0.3) is 10.0 Å². The number of rotatable bonds is 9. The summed E-state index contributed by atoms with van der Waals surface area (Å²) in [5.41, 5.74) is 1.13. The summed E-state index contributed by atoms with van der Waals surface area (Å²) < 4.78 is 43.0. The van der Waals surface area contributed by atoms with Gasteiger partial charge in [0, 0.05) is 17.3 Å². The van der Waals surface area contributed by atoms with E-state index in [-0.39, 0.29) is 22.4 Å². The predicted octanol–water partition coefficient (Wildman–Crippen LogP) is 3.15. The molecule has 164 valence electrons. The number of carbonyl (C=O) groups excluding carboxylic acids is 1. The molecule has 2 aromatic carbocycles. The first-order valence-corrected chi connectivity index (χ1v) is 11.3. The van der Waals surface area contributed by atoms with Crippen molar-refractivity contribution in [1.82, 2.24) is 4.98 Å². The molecule has 0 radical (unpaired) electrons. The Labute approximate surface area is 184 Å². The SMILES string of the molecule is COc1cc(CC(=O)Nc2ccc(S(=O)(=O)Nc3nccs3)cc2)cc(OC)c1OC. The number of carbonyl (C=O) groups is 1. The van der Waals surface area contributed by atoms with E-state index in [0.717, 1.165) is 0 Å². The third-order valence-corrected chi connectivity index (χ3v) is 6.36. The zero-order chi connectivity index (χ0) is 22.4. The molecule has 9 nitrogen and oxygen atoms in total. The maximum atomic E-state index is 12.5. The van der Waals surface area contributed by atoms with Gasteiger partial charge in [0.05, 0.1) is 32.6 Å². The molecule has 0 bridgehead atoms. The zero-order valence-corrected chi connectivity index (χ0v) is 18.7. The third kappa shape index (κ3) is 5.44. The number of ether oxygens (including phenoxy) is 3.